The Balaban J connectivity index is 2.25. The molecule has 1 heterocycles. The summed E-state index contributed by atoms with van der Waals surface area (Å²) in [5.74, 6) is 1.09. The van der Waals surface area contributed by atoms with Crippen LogP contribution in [0.25, 0.3) is 0 Å². The Morgan fingerprint density at radius 1 is 1.35 bits per heavy atom. The van der Waals surface area contributed by atoms with Crippen LogP contribution in [0.5, 0.6) is 11.5 Å². The molecular weight excluding hydrogens is 260 g/mol. The van der Waals surface area contributed by atoms with Crippen LogP contribution in [0.2, 0.25) is 0 Å². The Kier molecular flexibility index (Phi) is 3.79. The number of carbonyl (C=O) groups excluding carboxylic acids is 1. The summed E-state index contributed by atoms with van der Waals surface area (Å²) in [4.78, 5) is 12.1. The standard InChI is InChI=1S/C13H16N4O3/c1-17-12(14)9(7-15-17)13(18)16-10-5-4-8(19-2)6-11(10)20-3/h4-7H,14H2,1-3H3,(H,16,18). The molecule has 0 fully saturated rings. The normalized spacial score (nSPS) is 10.2. The summed E-state index contributed by atoms with van der Waals surface area (Å²) in [5, 5.41) is 6.66. The molecule has 0 unspecified atom stereocenters. The van der Waals surface area contributed by atoms with E-state index >= 15 is 0 Å². The van der Waals surface area contributed by atoms with E-state index in [1.165, 1.54) is 18.0 Å². The molecule has 0 atom stereocenters. The van der Waals surface area contributed by atoms with Crippen molar-refractivity contribution in [2.24, 2.45) is 7.05 Å². The second-order valence-electron chi connectivity index (χ2n) is 4.09. The number of nitrogens with two attached hydrogens (primary N) is 1. The first-order chi connectivity index (χ1) is 9.56. The van der Waals surface area contributed by atoms with Crippen molar-refractivity contribution in [3.8, 4) is 11.5 Å². The van der Waals surface area contributed by atoms with Crippen LogP contribution in [0.3, 0.4) is 0 Å². The van der Waals surface area contributed by atoms with Crippen LogP contribution in [0, 0.1) is 0 Å². The van der Waals surface area contributed by atoms with Gasteiger partial charge in [-0.1, -0.05) is 0 Å². The third-order valence-electron chi connectivity index (χ3n) is 2.89. The first-order valence-electron chi connectivity index (χ1n) is 5.87. The molecule has 0 bridgehead atoms. The fraction of sp³-hybridized carbons (Fsp3) is 0.231. The number of nitrogen functional groups attached to an aromatic ring is 1. The number of aromatic nitrogens is 2. The average molecular weight is 276 g/mol. The van der Waals surface area contributed by atoms with Crippen molar-refractivity contribution in [2.45, 2.75) is 0 Å². The van der Waals surface area contributed by atoms with Crippen LogP contribution in [0.15, 0.2) is 24.4 Å². The highest BCUT2D eigenvalue weighted by Crippen LogP contribution is 2.29. The van der Waals surface area contributed by atoms with E-state index in [1.54, 1.807) is 32.4 Å². The van der Waals surface area contributed by atoms with Gasteiger partial charge in [-0.25, -0.2) is 0 Å². The number of carbonyl (C=O) groups is 1. The van der Waals surface area contributed by atoms with Gasteiger partial charge >= 0.3 is 0 Å². The maximum Gasteiger partial charge on any atom is 0.261 e. The van der Waals surface area contributed by atoms with Gasteiger partial charge in [0.2, 0.25) is 0 Å². The molecule has 0 aliphatic heterocycles. The maximum absolute atomic E-state index is 12.1. The van der Waals surface area contributed by atoms with Gasteiger partial charge in [-0.05, 0) is 12.1 Å². The van der Waals surface area contributed by atoms with Gasteiger partial charge in [0, 0.05) is 13.1 Å². The van der Waals surface area contributed by atoms with Crippen molar-refractivity contribution in [2.75, 3.05) is 25.3 Å². The summed E-state index contributed by atoms with van der Waals surface area (Å²) in [7, 11) is 4.74. The highest BCUT2D eigenvalue weighted by atomic mass is 16.5. The third kappa shape index (κ3) is 2.51. The van der Waals surface area contributed by atoms with Crippen LogP contribution in [-0.4, -0.2) is 29.9 Å². The summed E-state index contributed by atoms with van der Waals surface area (Å²) in [5.41, 5.74) is 6.60. The zero-order valence-corrected chi connectivity index (χ0v) is 11.5. The highest BCUT2D eigenvalue weighted by molar-refractivity contribution is 6.07. The number of anilines is 2. The lowest BCUT2D eigenvalue weighted by molar-refractivity contribution is 0.102. The fourth-order valence-corrected chi connectivity index (χ4v) is 1.71. The van der Waals surface area contributed by atoms with E-state index in [1.807, 2.05) is 0 Å². The Hall–Kier alpha value is -2.70. The smallest absolute Gasteiger partial charge is 0.261 e. The van der Waals surface area contributed by atoms with Crippen LogP contribution in [0.4, 0.5) is 11.5 Å². The Bertz CT molecular complexity index is 637. The van der Waals surface area contributed by atoms with Crippen LogP contribution in [0.1, 0.15) is 10.4 Å². The molecule has 3 N–H and O–H groups in total. The summed E-state index contributed by atoms with van der Waals surface area (Å²) in [6.07, 6.45) is 1.42. The topological polar surface area (TPSA) is 91.4 Å². The van der Waals surface area contributed by atoms with E-state index in [4.69, 9.17) is 15.2 Å². The molecule has 1 aromatic heterocycles. The monoisotopic (exact) mass is 276 g/mol. The third-order valence-corrected chi connectivity index (χ3v) is 2.89. The quantitative estimate of drug-likeness (QED) is 0.877. The SMILES string of the molecule is COc1ccc(NC(=O)c2cnn(C)c2N)c(OC)c1. The van der Waals surface area contributed by atoms with E-state index < -0.39 is 0 Å². The highest BCUT2D eigenvalue weighted by Gasteiger charge is 2.15. The predicted molar refractivity (Wildman–Crippen MR) is 75.1 cm³/mol. The molecule has 7 heteroatoms. The zero-order valence-electron chi connectivity index (χ0n) is 11.5. The second kappa shape index (κ2) is 5.52. The van der Waals surface area contributed by atoms with Gasteiger partial charge in [0.15, 0.2) is 0 Å². The van der Waals surface area contributed by atoms with Crippen molar-refractivity contribution in [3.63, 3.8) is 0 Å². The summed E-state index contributed by atoms with van der Waals surface area (Å²) in [6, 6.07) is 5.11. The van der Waals surface area contributed by atoms with E-state index in [9.17, 15) is 4.79 Å². The molecule has 106 valence electrons. The van der Waals surface area contributed by atoms with Gasteiger partial charge in [-0.3, -0.25) is 9.48 Å². The molecular formula is C13H16N4O3. The molecule has 0 saturated heterocycles. The summed E-state index contributed by atoms with van der Waals surface area (Å²) in [6.45, 7) is 0. The number of amides is 1. The van der Waals surface area contributed by atoms with Gasteiger partial charge in [0.25, 0.3) is 5.91 Å². The lowest BCUT2D eigenvalue weighted by Crippen LogP contribution is -2.14. The van der Waals surface area contributed by atoms with Crippen molar-refractivity contribution in [1.29, 1.82) is 0 Å². The molecule has 1 aromatic carbocycles. The van der Waals surface area contributed by atoms with Gasteiger partial charge in [0.05, 0.1) is 26.1 Å². The number of hydrogen-bond acceptors (Lipinski definition) is 5. The van der Waals surface area contributed by atoms with E-state index in [-0.39, 0.29) is 5.91 Å². The van der Waals surface area contributed by atoms with Crippen LogP contribution in [-0.2, 0) is 7.05 Å². The first kappa shape index (κ1) is 13.7. The van der Waals surface area contributed by atoms with Gasteiger partial charge in [-0.2, -0.15) is 5.10 Å². The van der Waals surface area contributed by atoms with Gasteiger partial charge < -0.3 is 20.5 Å². The molecule has 2 rings (SSSR count). The largest absolute Gasteiger partial charge is 0.497 e. The second-order valence-corrected chi connectivity index (χ2v) is 4.09. The molecule has 7 nitrogen and oxygen atoms in total. The van der Waals surface area contributed by atoms with Gasteiger partial charge in [-0.15, -0.1) is 0 Å². The maximum atomic E-state index is 12.1. The fourth-order valence-electron chi connectivity index (χ4n) is 1.71. The lowest BCUT2D eigenvalue weighted by atomic mass is 10.2. The number of rotatable bonds is 4. The molecule has 0 saturated carbocycles. The van der Waals surface area contributed by atoms with Crippen molar-refractivity contribution < 1.29 is 14.3 Å². The number of hydrogen-bond donors (Lipinski definition) is 2. The van der Waals surface area contributed by atoms with Crippen LogP contribution < -0.4 is 20.5 Å². The van der Waals surface area contributed by atoms with Crippen LogP contribution >= 0.6 is 0 Å². The number of nitrogens with zero attached hydrogens (tertiary/aromatic N) is 2. The molecule has 0 radical (unpaired) electrons. The summed E-state index contributed by atoms with van der Waals surface area (Å²) < 4.78 is 11.7. The Morgan fingerprint density at radius 2 is 2.10 bits per heavy atom. The zero-order chi connectivity index (χ0) is 14.7. The minimum absolute atomic E-state index is 0.301. The molecule has 2 aromatic rings. The van der Waals surface area contributed by atoms with Crippen molar-refractivity contribution >= 4 is 17.4 Å². The van der Waals surface area contributed by atoms with Gasteiger partial charge in [0.1, 0.15) is 22.9 Å². The van der Waals surface area contributed by atoms with Crippen molar-refractivity contribution in [3.05, 3.63) is 30.0 Å². The minimum atomic E-state index is -0.348. The average Bonchev–Trinajstić information content (AvgIpc) is 2.79. The number of benzene rings is 1. The molecule has 20 heavy (non-hydrogen) atoms. The Labute approximate surface area is 116 Å². The Morgan fingerprint density at radius 3 is 2.65 bits per heavy atom. The predicted octanol–water partition coefficient (Wildman–Crippen LogP) is 1.27. The van der Waals surface area contributed by atoms with E-state index in [0.29, 0.717) is 28.6 Å². The minimum Gasteiger partial charge on any atom is -0.497 e. The van der Waals surface area contributed by atoms with Crippen molar-refractivity contribution in [1.82, 2.24) is 9.78 Å². The molecule has 0 aliphatic rings. The summed E-state index contributed by atoms with van der Waals surface area (Å²) >= 11 is 0. The molecule has 0 spiro atoms. The molecule has 1 amide bonds. The lowest BCUT2D eigenvalue weighted by Gasteiger charge is -2.11. The number of nitrogens with one attached hydrogen (secondary N) is 1. The first-order valence-corrected chi connectivity index (χ1v) is 5.87. The molecule has 0 aliphatic carbocycles. The number of aryl methyl sites for hydroxylation is 1. The van der Waals surface area contributed by atoms with E-state index in [0.717, 1.165) is 0 Å². The van der Waals surface area contributed by atoms with E-state index in [2.05, 4.69) is 10.4 Å². The number of ether oxygens (including phenoxy) is 2. The number of methoxy groups -OCH3 is 2.